The van der Waals surface area contributed by atoms with Crippen molar-refractivity contribution < 1.29 is 14.6 Å². The predicted octanol–water partition coefficient (Wildman–Crippen LogP) is 3.75. The number of nitrogens with zero attached hydrogens (tertiary/aromatic N) is 2. The summed E-state index contributed by atoms with van der Waals surface area (Å²) in [7, 11) is 1.61. The topological polar surface area (TPSA) is 63.4 Å². The molecule has 20 heavy (non-hydrogen) atoms. The van der Waals surface area contributed by atoms with Crippen LogP contribution < -0.4 is 9.47 Å². The average molecular weight is 270 g/mol. The van der Waals surface area contributed by atoms with Gasteiger partial charge in [0.15, 0.2) is 0 Å². The van der Waals surface area contributed by atoms with Crippen LogP contribution in [-0.4, -0.2) is 18.8 Å². The molecule has 3 rings (SSSR count). The van der Waals surface area contributed by atoms with Crippen molar-refractivity contribution in [1.29, 1.82) is 0 Å². The monoisotopic (exact) mass is 270 g/mol. The van der Waals surface area contributed by atoms with Crippen molar-refractivity contribution in [2.75, 3.05) is 13.7 Å². The fourth-order valence-corrected chi connectivity index (χ4v) is 2.04. The van der Waals surface area contributed by atoms with Gasteiger partial charge in [0.05, 0.1) is 19.4 Å². The van der Waals surface area contributed by atoms with Gasteiger partial charge in [-0.15, -0.1) is 5.11 Å². The van der Waals surface area contributed by atoms with Crippen LogP contribution in [0.5, 0.6) is 17.2 Å². The summed E-state index contributed by atoms with van der Waals surface area (Å²) in [6, 6.07) is 10.6. The third-order valence-corrected chi connectivity index (χ3v) is 3.13. The maximum Gasteiger partial charge on any atom is 0.143 e. The lowest BCUT2D eigenvalue weighted by Gasteiger charge is -2.02. The van der Waals surface area contributed by atoms with Gasteiger partial charge in [0.2, 0.25) is 0 Å². The predicted molar refractivity (Wildman–Crippen MR) is 74.5 cm³/mol. The van der Waals surface area contributed by atoms with Crippen LogP contribution in [0.3, 0.4) is 0 Å². The number of methoxy groups -OCH3 is 1. The first-order chi connectivity index (χ1) is 9.76. The summed E-state index contributed by atoms with van der Waals surface area (Å²) in [5, 5.41) is 18.1. The zero-order valence-electron chi connectivity index (χ0n) is 11.0. The number of fused-ring (bicyclic) bond motifs is 1. The zero-order valence-corrected chi connectivity index (χ0v) is 11.0. The van der Waals surface area contributed by atoms with Gasteiger partial charge in [0.25, 0.3) is 0 Å². The van der Waals surface area contributed by atoms with Crippen molar-refractivity contribution >= 4 is 11.4 Å². The lowest BCUT2D eigenvalue weighted by Crippen LogP contribution is -1.85. The summed E-state index contributed by atoms with van der Waals surface area (Å²) in [6.45, 7) is 0.647. The van der Waals surface area contributed by atoms with Crippen LogP contribution in [0.2, 0.25) is 0 Å². The molecule has 102 valence electrons. The molecule has 0 spiro atoms. The lowest BCUT2D eigenvalue weighted by atomic mass is 10.1. The van der Waals surface area contributed by atoms with E-state index >= 15 is 0 Å². The lowest BCUT2D eigenvalue weighted by molar-refractivity contribution is 0.356. The Morgan fingerprint density at radius 3 is 2.70 bits per heavy atom. The highest BCUT2D eigenvalue weighted by Crippen LogP contribution is 2.37. The minimum Gasteiger partial charge on any atom is -0.506 e. The van der Waals surface area contributed by atoms with Crippen LogP contribution in [0, 0.1) is 0 Å². The van der Waals surface area contributed by atoms with E-state index in [4.69, 9.17) is 9.47 Å². The number of hydrogen-bond donors (Lipinski definition) is 1. The molecule has 2 aromatic carbocycles. The molecular weight excluding hydrogens is 256 g/mol. The van der Waals surface area contributed by atoms with Crippen LogP contribution >= 0.6 is 0 Å². The maximum atomic E-state index is 9.91. The van der Waals surface area contributed by atoms with Crippen molar-refractivity contribution in [3.05, 3.63) is 42.0 Å². The highest BCUT2D eigenvalue weighted by atomic mass is 16.5. The van der Waals surface area contributed by atoms with Gasteiger partial charge in [-0.25, -0.2) is 0 Å². The standard InChI is InChI=1S/C15H14N2O3/c1-19-12-4-2-11(3-5-12)16-17-13-9-15-10(6-7-20-15)8-14(13)18/h2-5,8-9,18H,6-7H2,1H3. The Morgan fingerprint density at radius 2 is 1.95 bits per heavy atom. The van der Waals surface area contributed by atoms with Crippen LogP contribution in [0.4, 0.5) is 11.4 Å². The fourth-order valence-electron chi connectivity index (χ4n) is 2.04. The average Bonchev–Trinajstić information content (AvgIpc) is 2.92. The molecule has 0 radical (unpaired) electrons. The molecule has 0 aromatic heterocycles. The summed E-state index contributed by atoms with van der Waals surface area (Å²) in [6.07, 6.45) is 0.818. The van der Waals surface area contributed by atoms with Crippen molar-refractivity contribution in [1.82, 2.24) is 0 Å². The molecule has 1 heterocycles. The van der Waals surface area contributed by atoms with E-state index in [-0.39, 0.29) is 5.75 Å². The number of rotatable bonds is 3. The first-order valence-corrected chi connectivity index (χ1v) is 6.31. The molecule has 2 aromatic rings. The summed E-state index contributed by atoms with van der Waals surface area (Å²) >= 11 is 0. The highest BCUT2D eigenvalue weighted by molar-refractivity contribution is 5.59. The summed E-state index contributed by atoms with van der Waals surface area (Å²) in [5.41, 5.74) is 2.10. The van der Waals surface area contributed by atoms with E-state index in [1.165, 1.54) is 0 Å². The van der Waals surface area contributed by atoms with Crippen LogP contribution in [0.1, 0.15) is 5.56 Å². The van der Waals surface area contributed by atoms with Gasteiger partial charge in [-0.3, -0.25) is 0 Å². The molecule has 1 aliphatic rings. The number of benzene rings is 2. The van der Waals surface area contributed by atoms with E-state index in [1.807, 2.05) is 0 Å². The Labute approximate surface area is 116 Å². The molecular formula is C15H14N2O3. The number of ether oxygens (including phenoxy) is 2. The molecule has 0 aliphatic carbocycles. The number of hydrogen-bond acceptors (Lipinski definition) is 5. The molecule has 0 amide bonds. The minimum atomic E-state index is 0.117. The fraction of sp³-hybridized carbons (Fsp3) is 0.200. The third kappa shape index (κ3) is 2.42. The Balaban J connectivity index is 1.84. The summed E-state index contributed by atoms with van der Waals surface area (Å²) in [4.78, 5) is 0. The highest BCUT2D eigenvalue weighted by Gasteiger charge is 2.15. The van der Waals surface area contributed by atoms with Crippen LogP contribution in [-0.2, 0) is 6.42 Å². The number of phenolic OH excluding ortho intramolecular Hbond substituents is 1. The first kappa shape index (κ1) is 12.5. The van der Waals surface area contributed by atoms with E-state index < -0.39 is 0 Å². The molecule has 0 saturated carbocycles. The number of aromatic hydroxyl groups is 1. The smallest absolute Gasteiger partial charge is 0.143 e. The van der Waals surface area contributed by atoms with Crippen LogP contribution in [0.25, 0.3) is 0 Å². The second-order valence-corrected chi connectivity index (χ2v) is 4.45. The number of azo groups is 1. The molecule has 1 aliphatic heterocycles. The van der Waals surface area contributed by atoms with Gasteiger partial charge in [0.1, 0.15) is 22.9 Å². The van der Waals surface area contributed by atoms with Crippen molar-refractivity contribution in [2.45, 2.75) is 6.42 Å². The SMILES string of the molecule is COc1ccc(N=Nc2cc3c(cc2O)CCO3)cc1. The Kier molecular flexibility index (Phi) is 3.25. The van der Waals surface area contributed by atoms with Gasteiger partial charge in [-0.2, -0.15) is 5.11 Å². The van der Waals surface area contributed by atoms with E-state index in [0.29, 0.717) is 18.0 Å². The van der Waals surface area contributed by atoms with Gasteiger partial charge < -0.3 is 14.6 Å². The quantitative estimate of drug-likeness (QED) is 0.864. The van der Waals surface area contributed by atoms with E-state index in [9.17, 15) is 5.11 Å². The largest absolute Gasteiger partial charge is 0.506 e. The molecule has 1 N–H and O–H groups in total. The van der Waals surface area contributed by atoms with Crippen molar-refractivity contribution in [3.63, 3.8) is 0 Å². The Hall–Kier alpha value is -2.56. The molecule has 0 unspecified atom stereocenters. The minimum absolute atomic E-state index is 0.117. The second-order valence-electron chi connectivity index (χ2n) is 4.45. The zero-order chi connectivity index (χ0) is 13.9. The van der Waals surface area contributed by atoms with E-state index in [2.05, 4.69) is 10.2 Å². The van der Waals surface area contributed by atoms with Crippen molar-refractivity contribution in [3.8, 4) is 17.2 Å². The molecule has 0 bridgehead atoms. The van der Waals surface area contributed by atoms with Gasteiger partial charge in [0, 0.05) is 18.1 Å². The molecule has 0 fully saturated rings. The van der Waals surface area contributed by atoms with Crippen LogP contribution in [0.15, 0.2) is 46.6 Å². The maximum absolute atomic E-state index is 9.91. The Morgan fingerprint density at radius 1 is 1.15 bits per heavy atom. The first-order valence-electron chi connectivity index (χ1n) is 6.31. The Bertz CT molecular complexity index is 651. The van der Waals surface area contributed by atoms with Gasteiger partial charge >= 0.3 is 0 Å². The molecule has 5 nitrogen and oxygen atoms in total. The van der Waals surface area contributed by atoms with Crippen molar-refractivity contribution in [2.24, 2.45) is 10.2 Å². The number of phenols is 1. The second kappa shape index (κ2) is 5.21. The molecule has 0 saturated heterocycles. The van der Waals surface area contributed by atoms with Gasteiger partial charge in [-0.05, 0) is 30.3 Å². The molecule has 0 atom stereocenters. The molecule has 5 heteroatoms. The van der Waals surface area contributed by atoms with Gasteiger partial charge in [-0.1, -0.05) is 0 Å². The summed E-state index contributed by atoms with van der Waals surface area (Å²) < 4.78 is 10.5. The van der Waals surface area contributed by atoms with E-state index in [1.54, 1.807) is 43.5 Å². The summed E-state index contributed by atoms with van der Waals surface area (Å²) in [5.74, 6) is 1.65. The normalized spacial score (nSPS) is 13.2. The van der Waals surface area contributed by atoms with E-state index in [0.717, 1.165) is 23.5 Å². The third-order valence-electron chi connectivity index (χ3n) is 3.13.